The third kappa shape index (κ3) is 2.79. The maximum Gasteiger partial charge on any atom is 0.143 e. The minimum absolute atomic E-state index is 0.0901. The van der Waals surface area contributed by atoms with Crippen molar-refractivity contribution in [3.05, 3.63) is 0 Å². The van der Waals surface area contributed by atoms with E-state index in [0.29, 0.717) is 12.4 Å². The fourth-order valence-electron chi connectivity index (χ4n) is 2.38. The highest BCUT2D eigenvalue weighted by Gasteiger charge is 2.40. The molecule has 2 unspecified atom stereocenters. The van der Waals surface area contributed by atoms with Gasteiger partial charge in [0.15, 0.2) is 0 Å². The highest BCUT2D eigenvalue weighted by Crippen LogP contribution is 2.33. The zero-order valence-electron chi connectivity index (χ0n) is 10.1. The standard InChI is InChI=1S/C12H23NO2/c1-4-12(6-7-13-9-12)11(14)10(2)5-8-15-3/h10,13H,4-9H2,1-3H3. The van der Waals surface area contributed by atoms with Crippen LogP contribution >= 0.6 is 0 Å². The molecule has 1 aliphatic rings. The minimum Gasteiger partial charge on any atom is -0.385 e. The lowest BCUT2D eigenvalue weighted by atomic mass is 9.75. The van der Waals surface area contributed by atoms with E-state index < -0.39 is 0 Å². The molecular formula is C12H23NO2. The lowest BCUT2D eigenvalue weighted by Gasteiger charge is -2.28. The number of hydrogen-bond donors (Lipinski definition) is 1. The Morgan fingerprint density at radius 1 is 1.60 bits per heavy atom. The second-order valence-corrected chi connectivity index (χ2v) is 4.61. The summed E-state index contributed by atoms with van der Waals surface area (Å²) in [7, 11) is 1.68. The van der Waals surface area contributed by atoms with Crippen LogP contribution in [0.2, 0.25) is 0 Å². The summed E-state index contributed by atoms with van der Waals surface area (Å²) in [6.45, 7) is 6.67. The molecule has 1 fully saturated rings. The first-order valence-corrected chi connectivity index (χ1v) is 5.90. The molecule has 0 aromatic rings. The summed E-state index contributed by atoms with van der Waals surface area (Å²) in [6.07, 6.45) is 2.80. The molecule has 3 heteroatoms. The summed E-state index contributed by atoms with van der Waals surface area (Å²) in [5, 5.41) is 3.30. The number of nitrogens with one attached hydrogen (secondary N) is 1. The van der Waals surface area contributed by atoms with Crippen molar-refractivity contribution < 1.29 is 9.53 Å². The van der Waals surface area contributed by atoms with Crippen molar-refractivity contribution in [2.24, 2.45) is 11.3 Å². The van der Waals surface area contributed by atoms with Crippen LogP contribution < -0.4 is 5.32 Å². The van der Waals surface area contributed by atoms with Crippen molar-refractivity contribution in [3.63, 3.8) is 0 Å². The normalized spacial score (nSPS) is 27.9. The number of methoxy groups -OCH3 is 1. The van der Waals surface area contributed by atoms with Gasteiger partial charge in [0.25, 0.3) is 0 Å². The number of carbonyl (C=O) groups is 1. The highest BCUT2D eigenvalue weighted by atomic mass is 16.5. The molecule has 0 bridgehead atoms. The fraction of sp³-hybridized carbons (Fsp3) is 0.917. The molecule has 15 heavy (non-hydrogen) atoms. The van der Waals surface area contributed by atoms with Crippen molar-refractivity contribution in [2.45, 2.75) is 33.1 Å². The molecule has 2 atom stereocenters. The molecule has 1 heterocycles. The molecule has 0 radical (unpaired) electrons. The topological polar surface area (TPSA) is 38.3 Å². The molecule has 3 nitrogen and oxygen atoms in total. The van der Waals surface area contributed by atoms with Gasteiger partial charge in [0.05, 0.1) is 0 Å². The number of ketones is 1. The van der Waals surface area contributed by atoms with Crippen LogP contribution in [0.1, 0.15) is 33.1 Å². The average Bonchev–Trinajstić information content (AvgIpc) is 2.74. The first-order chi connectivity index (χ1) is 7.16. The van der Waals surface area contributed by atoms with Gasteiger partial charge in [0.1, 0.15) is 5.78 Å². The molecule has 1 N–H and O–H groups in total. The van der Waals surface area contributed by atoms with E-state index in [1.54, 1.807) is 7.11 Å². The van der Waals surface area contributed by atoms with E-state index in [1.165, 1.54) is 0 Å². The Morgan fingerprint density at radius 2 is 2.33 bits per heavy atom. The molecule has 0 aromatic carbocycles. The summed E-state index contributed by atoms with van der Waals surface area (Å²) >= 11 is 0. The molecule has 0 spiro atoms. The van der Waals surface area contributed by atoms with Crippen LogP contribution in [0.15, 0.2) is 0 Å². The smallest absolute Gasteiger partial charge is 0.143 e. The van der Waals surface area contributed by atoms with E-state index in [0.717, 1.165) is 32.4 Å². The predicted molar refractivity (Wildman–Crippen MR) is 60.9 cm³/mol. The van der Waals surface area contributed by atoms with E-state index in [9.17, 15) is 4.79 Å². The summed E-state index contributed by atoms with van der Waals surface area (Å²) in [5.41, 5.74) is -0.0901. The van der Waals surface area contributed by atoms with Crippen LogP contribution in [0.25, 0.3) is 0 Å². The maximum atomic E-state index is 12.3. The third-order valence-electron chi connectivity index (χ3n) is 3.65. The largest absolute Gasteiger partial charge is 0.385 e. The Balaban J connectivity index is 2.56. The molecule has 1 rings (SSSR count). The number of ether oxygens (including phenoxy) is 1. The first-order valence-electron chi connectivity index (χ1n) is 5.90. The van der Waals surface area contributed by atoms with E-state index >= 15 is 0 Å². The summed E-state index contributed by atoms with van der Waals surface area (Å²) < 4.78 is 5.02. The lowest BCUT2D eigenvalue weighted by molar-refractivity contribution is -0.132. The van der Waals surface area contributed by atoms with Crippen molar-refractivity contribution in [3.8, 4) is 0 Å². The van der Waals surface area contributed by atoms with Gasteiger partial charge < -0.3 is 10.1 Å². The number of Topliss-reactive ketones (excluding diaryl/α,β-unsaturated/α-hetero) is 1. The van der Waals surface area contributed by atoms with Gasteiger partial charge in [0.2, 0.25) is 0 Å². The fourth-order valence-corrected chi connectivity index (χ4v) is 2.38. The molecular weight excluding hydrogens is 190 g/mol. The molecule has 88 valence electrons. The second kappa shape index (κ2) is 5.61. The van der Waals surface area contributed by atoms with Gasteiger partial charge >= 0.3 is 0 Å². The van der Waals surface area contributed by atoms with E-state index in [4.69, 9.17) is 4.74 Å². The summed E-state index contributed by atoms with van der Waals surface area (Å²) in [5.74, 6) is 0.553. The number of carbonyl (C=O) groups excluding carboxylic acids is 1. The Kier molecular flexibility index (Phi) is 4.74. The predicted octanol–water partition coefficient (Wildman–Crippen LogP) is 1.62. The van der Waals surface area contributed by atoms with Gasteiger partial charge in [-0.05, 0) is 25.8 Å². The van der Waals surface area contributed by atoms with Gasteiger partial charge in [-0.1, -0.05) is 13.8 Å². The SMILES string of the molecule is CCC1(C(=O)C(C)CCOC)CCNC1. The molecule has 0 aromatic heterocycles. The minimum atomic E-state index is -0.0901. The first kappa shape index (κ1) is 12.7. The molecule has 1 aliphatic heterocycles. The number of rotatable bonds is 6. The van der Waals surface area contributed by atoms with Crippen LogP contribution in [-0.2, 0) is 9.53 Å². The summed E-state index contributed by atoms with van der Waals surface area (Å²) in [4.78, 5) is 12.3. The number of hydrogen-bond acceptors (Lipinski definition) is 3. The monoisotopic (exact) mass is 213 g/mol. The van der Waals surface area contributed by atoms with Gasteiger partial charge in [-0.3, -0.25) is 4.79 Å². The van der Waals surface area contributed by atoms with Gasteiger partial charge in [-0.2, -0.15) is 0 Å². The summed E-state index contributed by atoms with van der Waals surface area (Å²) in [6, 6.07) is 0. The van der Waals surface area contributed by atoms with E-state index in [1.807, 2.05) is 6.92 Å². The molecule has 0 amide bonds. The third-order valence-corrected chi connectivity index (χ3v) is 3.65. The van der Waals surface area contributed by atoms with Crippen LogP contribution in [0.3, 0.4) is 0 Å². The van der Waals surface area contributed by atoms with Crippen molar-refractivity contribution in [2.75, 3.05) is 26.8 Å². The lowest BCUT2D eigenvalue weighted by Crippen LogP contribution is -2.37. The van der Waals surface area contributed by atoms with E-state index in [2.05, 4.69) is 12.2 Å². The van der Waals surface area contributed by atoms with Gasteiger partial charge in [0, 0.05) is 31.6 Å². The second-order valence-electron chi connectivity index (χ2n) is 4.61. The zero-order chi connectivity index (χ0) is 11.3. The van der Waals surface area contributed by atoms with Crippen molar-refractivity contribution in [1.29, 1.82) is 0 Å². The Morgan fingerprint density at radius 3 is 2.80 bits per heavy atom. The van der Waals surface area contributed by atoms with Crippen molar-refractivity contribution >= 4 is 5.78 Å². The van der Waals surface area contributed by atoms with Crippen LogP contribution in [0.4, 0.5) is 0 Å². The maximum absolute atomic E-state index is 12.3. The van der Waals surface area contributed by atoms with Crippen LogP contribution in [-0.4, -0.2) is 32.6 Å². The zero-order valence-corrected chi connectivity index (χ0v) is 10.1. The quantitative estimate of drug-likeness (QED) is 0.728. The molecule has 0 saturated carbocycles. The Bertz CT molecular complexity index is 210. The highest BCUT2D eigenvalue weighted by molar-refractivity contribution is 5.87. The molecule has 0 aliphatic carbocycles. The Labute approximate surface area is 92.6 Å². The van der Waals surface area contributed by atoms with E-state index in [-0.39, 0.29) is 11.3 Å². The Hall–Kier alpha value is -0.410. The van der Waals surface area contributed by atoms with Crippen LogP contribution in [0.5, 0.6) is 0 Å². The van der Waals surface area contributed by atoms with Gasteiger partial charge in [-0.15, -0.1) is 0 Å². The molecule has 1 saturated heterocycles. The van der Waals surface area contributed by atoms with Crippen LogP contribution in [0, 0.1) is 11.3 Å². The van der Waals surface area contributed by atoms with Crippen molar-refractivity contribution in [1.82, 2.24) is 5.32 Å². The van der Waals surface area contributed by atoms with Gasteiger partial charge in [-0.25, -0.2) is 0 Å². The average molecular weight is 213 g/mol.